The Balaban J connectivity index is 1.73. The lowest BCUT2D eigenvalue weighted by Gasteiger charge is -2.07. The van der Waals surface area contributed by atoms with E-state index in [9.17, 15) is 4.39 Å². The average Bonchev–Trinajstić information content (AvgIpc) is 2.36. The lowest BCUT2D eigenvalue weighted by atomic mass is 10.3. The van der Waals surface area contributed by atoms with Crippen LogP contribution in [-0.4, -0.2) is 18.2 Å². The van der Waals surface area contributed by atoms with Crippen molar-refractivity contribution in [2.45, 2.75) is 0 Å². The van der Waals surface area contributed by atoms with Gasteiger partial charge in [-0.3, -0.25) is 0 Å². The summed E-state index contributed by atoms with van der Waals surface area (Å²) in [7, 11) is 0. The smallest absolute Gasteiger partial charge is 0.216 e. The Labute approximate surface area is 98.8 Å². The molecule has 2 rings (SSSR count). The van der Waals surface area contributed by atoms with Crippen molar-refractivity contribution in [1.82, 2.24) is 4.98 Å². The average molecular weight is 233 g/mol. The van der Waals surface area contributed by atoms with Crippen LogP contribution in [0, 0.1) is 5.95 Å². The van der Waals surface area contributed by atoms with E-state index < -0.39 is 5.95 Å². The zero-order valence-corrected chi connectivity index (χ0v) is 9.17. The number of pyridine rings is 1. The van der Waals surface area contributed by atoms with Crippen LogP contribution in [0.4, 0.5) is 4.39 Å². The highest BCUT2D eigenvalue weighted by atomic mass is 19.1. The fraction of sp³-hybridized carbons (Fsp3) is 0.154. The largest absolute Gasteiger partial charge is 0.490 e. The maximum Gasteiger partial charge on any atom is 0.216 e. The van der Waals surface area contributed by atoms with Crippen LogP contribution in [0.3, 0.4) is 0 Å². The minimum absolute atomic E-state index is 0.359. The third-order valence-electron chi connectivity index (χ3n) is 2.06. The number of para-hydroxylation sites is 1. The van der Waals surface area contributed by atoms with E-state index in [1.54, 1.807) is 6.07 Å². The Morgan fingerprint density at radius 2 is 1.65 bits per heavy atom. The molecule has 0 N–H and O–H groups in total. The van der Waals surface area contributed by atoms with Crippen LogP contribution in [0.15, 0.2) is 48.7 Å². The third kappa shape index (κ3) is 3.75. The summed E-state index contributed by atoms with van der Waals surface area (Å²) in [6.45, 7) is 0.770. The number of aromatic nitrogens is 1. The van der Waals surface area contributed by atoms with Crippen LogP contribution in [0.2, 0.25) is 0 Å². The number of ether oxygens (including phenoxy) is 2. The monoisotopic (exact) mass is 233 g/mol. The van der Waals surface area contributed by atoms with Crippen molar-refractivity contribution in [2.24, 2.45) is 0 Å². The number of rotatable bonds is 5. The lowest BCUT2D eigenvalue weighted by Crippen LogP contribution is -2.09. The Hall–Kier alpha value is -2.10. The summed E-state index contributed by atoms with van der Waals surface area (Å²) in [6, 6.07) is 12.3. The van der Waals surface area contributed by atoms with Crippen molar-refractivity contribution in [1.29, 1.82) is 0 Å². The van der Waals surface area contributed by atoms with E-state index >= 15 is 0 Å². The Bertz CT molecular complexity index is 462. The minimum atomic E-state index is -0.550. The normalized spacial score (nSPS) is 9.94. The summed E-state index contributed by atoms with van der Waals surface area (Å²) in [4.78, 5) is 3.44. The predicted octanol–water partition coefficient (Wildman–Crippen LogP) is 2.68. The molecule has 0 spiro atoms. The number of halogens is 1. The highest BCUT2D eigenvalue weighted by Gasteiger charge is 1.97. The maximum absolute atomic E-state index is 12.7. The van der Waals surface area contributed by atoms with Crippen LogP contribution in [0.5, 0.6) is 11.5 Å². The predicted molar refractivity (Wildman–Crippen MR) is 61.6 cm³/mol. The second-order valence-electron chi connectivity index (χ2n) is 3.32. The van der Waals surface area contributed by atoms with Crippen LogP contribution in [0.1, 0.15) is 0 Å². The Morgan fingerprint density at radius 3 is 2.35 bits per heavy atom. The van der Waals surface area contributed by atoms with Crippen LogP contribution < -0.4 is 9.47 Å². The van der Waals surface area contributed by atoms with Gasteiger partial charge in [0.15, 0.2) is 0 Å². The summed E-state index contributed by atoms with van der Waals surface area (Å²) in [5.74, 6) is 0.692. The van der Waals surface area contributed by atoms with Gasteiger partial charge in [0.05, 0.1) is 0 Å². The van der Waals surface area contributed by atoms with E-state index in [-0.39, 0.29) is 0 Å². The van der Waals surface area contributed by atoms with Gasteiger partial charge in [-0.1, -0.05) is 18.2 Å². The van der Waals surface area contributed by atoms with Gasteiger partial charge in [-0.15, -0.1) is 0 Å². The molecule has 1 heterocycles. The quantitative estimate of drug-likeness (QED) is 0.587. The van der Waals surface area contributed by atoms with Crippen LogP contribution >= 0.6 is 0 Å². The standard InChI is InChI=1S/C13H12FNO2/c14-13-10-12(6-7-15-13)17-9-8-16-11-4-2-1-3-5-11/h1-7,10H,8-9H2. The van der Waals surface area contributed by atoms with Gasteiger partial charge in [0, 0.05) is 12.3 Å². The number of hydrogen-bond donors (Lipinski definition) is 0. The van der Waals surface area contributed by atoms with Gasteiger partial charge in [0.25, 0.3) is 0 Å². The topological polar surface area (TPSA) is 31.4 Å². The molecule has 1 aromatic heterocycles. The molecular formula is C13H12FNO2. The second-order valence-corrected chi connectivity index (χ2v) is 3.32. The molecule has 0 amide bonds. The van der Waals surface area contributed by atoms with E-state index in [2.05, 4.69) is 4.98 Å². The fourth-order valence-electron chi connectivity index (χ4n) is 1.31. The Morgan fingerprint density at radius 1 is 0.941 bits per heavy atom. The molecule has 4 heteroatoms. The molecule has 0 atom stereocenters. The molecule has 0 fully saturated rings. The minimum Gasteiger partial charge on any atom is -0.490 e. The number of benzene rings is 1. The third-order valence-corrected chi connectivity index (χ3v) is 2.06. The number of nitrogens with zero attached hydrogens (tertiary/aromatic N) is 1. The van der Waals surface area contributed by atoms with Crippen molar-refractivity contribution >= 4 is 0 Å². The molecule has 0 unspecified atom stereocenters. The molecule has 1 aromatic carbocycles. The van der Waals surface area contributed by atoms with Crippen LogP contribution in [0.25, 0.3) is 0 Å². The van der Waals surface area contributed by atoms with Gasteiger partial charge in [-0.05, 0) is 18.2 Å². The maximum atomic E-state index is 12.7. The first kappa shape index (κ1) is 11.4. The summed E-state index contributed by atoms with van der Waals surface area (Å²) >= 11 is 0. The molecule has 0 aliphatic rings. The van der Waals surface area contributed by atoms with Crippen molar-refractivity contribution in [3.63, 3.8) is 0 Å². The van der Waals surface area contributed by atoms with E-state index in [4.69, 9.17) is 9.47 Å². The fourth-order valence-corrected chi connectivity index (χ4v) is 1.31. The molecule has 0 bridgehead atoms. The molecule has 3 nitrogen and oxygen atoms in total. The van der Waals surface area contributed by atoms with Gasteiger partial charge in [-0.2, -0.15) is 4.39 Å². The molecular weight excluding hydrogens is 221 g/mol. The SMILES string of the molecule is Fc1cc(OCCOc2ccccc2)ccn1. The molecule has 17 heavy (non-hydrogen) atoms. The zero-order valence-electron chi connectivity index (χ0n) is 9.17. The summed E-state index contributed by atoms with van der Waals surface area (Å²) in [6.07, 6.45) is 1.36. The first-order valence-corrected chi connectivity index (χ1v) is 5.27. The summed E-state index contributed by atoms with van der Waals surface area (Å²) in [5, 5.41) is 0. The van der Waals surface area contributed by atoms with E-state index in [0.717, 1.165) is 5.75 Å². The van der Waals surface area contributed by atoms with Crippen molar-refractivity contribution in [3.8, 4) is 11.5 Å². The van der Waals surface area contributed by atoms with Crippen LogP contribution in [-0.2, 0) is 0 Å². The number of hydrogen-bond acceptors (Lipinski definition) is 3. The summed E-state index contributed by atoms with van der Waals surface area (Å²) < 4.78 is 23.4. The van der Waals surface area contributed by atoms with Gasteiger partial charge >= 0.3 is 0 Å². The van der Waals surface area contributed by atoms with Gasteiger partial charge in [-0.25, -0.2) is 4.98 Å². The highest BCUT2D eigenvalue weighted by molar-refractivity contribution is 5.21. The van der Waals surface area contributed by atoms with Crippen molar-refractivity contribution in [3.05, 3.63) is 54.6 Å². The molecule has 0 radical (unpaired) electrons. The van der Waals surface area contributed by atoms with Crippen molar-refractivity contribution in [2.75, 3.05) is 13.2 Å². The van der Waals surface area contributed by atoms with Crippen molar-refractivity contribution < 1.29 is 13.9 Å². The zero-order chi connectivity index (χ0) is 11.9. The first-order valence-electron chi connectivity index (χ1n) is 5.27. The van der Waals surface area contributed by atoms with Gasteiger partial charge < -0.3 is 9.47 Å². The van der Waals surface area contributed by atoms with E-state index in [0.29, 0.717) is 19.0 Å². The molecule has 88 valence electrons. The molecule has 0 aliphatic heterocycles. The van der Waals surface area contributed by atoms with E-state index in [1.165, 1.54) is 12.3 Å². The molecule has 0 saturated carbocycles. The van der Waals surface area contributed by atoms with E-state index in [1.807, 2.05) is 30.3 Å². The molecule has 0 aliphatic carbocycles. The Kier molecular flexibility index (Phi) is 3.91. The molecule has 0 saturated heterocycles. The lowest BCUT2D eigenvalue weighted by molar-refractivity contribution is 0.216. The summed E-state index contributed by atoms with van der Waals surface area (Å²) in [5.41, 5.74) is 0. The van der Waals surface area contributed by atoms with Gasteiger partial charge in [0.1, 0.15) is 24.7 Å². The van der Waals surface area contributed by atoms with Gasteiger partial charge in [0.2, 0.25) is 5.95 Å². The highest BCUT2D eigenvalue weighted by Crippen LogP contribution is 2.10. The first-order chi connectivity index (χ1) is 8.34. The second kappa shape index (κ2) is 5.84. The molecule has 2 aromatic rings.